The van der Waals surface area contributed by atoms with E-state index in [1.807, 2.05) is 62.4 Å². The van der Waals surface area contributed by atoms with Crippen LogP contribution in [0.5, 0.6) is 0 Å². The summed E-state index contributed by atoms with van der Waals surface area (Å²) in [7, 11) is 0. The standard InChI is InChI=1S/C27H26N6O2/c1-16-7-4-5-10-22(16)33-20(13-19-9-6-8-17(2)23(19)27(33)35)14-30-26-24(25(29)31-15-32-26)21(28)12-11-18(3)34/h4-10,13,15,18,28,34H,14H2,1-3H3,(H3,29,30,31,32)/p+1/t18-/m1/s1. The van der Waals surface area contributed by atoms with Crippen molar-refractivity contribution < 1.29 is 10.5 Å². The molecule has 0 amide bonds. The molecule has 35 heavy (non-hydrogen) atoms. The van der Waals surface area contributed by atoms with Gasteiger partial charge in [-0.15, -0.1) is 0 Å². The second-order valence-electron chi connectivity index (χ2n) is 8.30. The SMILES string of the molecule is Cc1ccccc1-n1c(CNc2ncnc(N)c2C(=[NH2+])C#C[C@@H](C)O)cc2cccc(C)c2c1=O. The van der Waals surface area contributed by atoms with Gasteiger partial charge >= 0.3 is 0 Å². The van der Waals surface area contributed by atoms with Crippen LogP contribution in [0.2, 0.25) is 0 Å². The zero-order chi connectivity index (χ0) is 25.1. The van der Waals surface area contributed by atoms with Gasteiger partial charge in [0.25, 0.3) is 11.3 Å². The first-order valence-corrected chi connectivity index (χ1v) is 11.1. The average molecular weight is 468 g/mol. The average Bonchev–Trinajstić information content (AvgIpc) is 2.82. The fourth-order valence-electron chi connectivity index (χ4n) is 4.02. The lowest BCUT2D eigenvalue weighted by Gasteiger charge is -2.18. The van der Waals surface area contributed by atoms with Gasteiger partial charge in [-0.2, -0.15) is 0 Å². The fraction of sp³-hybridized carbons (Fsp3) is 0.185. The quantitative estimate of drug-likeness (QED) is 0.260. The summed E-state index contributed by atoms with van der Waals surface area (Å²) in [5.41, 5.74) is 9.89. The van der Waals surface area contributed by atoms with E-state index in [2.05, 4.69) is 27.1 Å². The molecule has 2 aromatic heterocycles. The molecular weight excluding hydrogens is 440 g/mol. The number of nitrogens with two attached hydrogens (primary N) is 2. The number of aliphatic hydroxyl groups is 1. The van der Waals surface area contributed by atoms with Crippen LogP contribution in [0.15, 0.2) is 59.7 Å². The number of nitrogen functional groups attached to an aromatic ring is 1. The van der Waals surface area contributed by atoms with Gasteiger partial charge < -0.3 is 16.2 Å². The number of nitrogens with zero attached hydrogens (tertiary/aromatic N) is 3. The minimum absolute atomic E-state index is 0.0944. The number of nitrogens with one attached hydrogen (secondary N) is 1. The predicted molar refractivity (Wildman–Crippen MR) is 138 cm³/mol. The molecule has 1 atom stereocenters. The summed E-state index contributed by atoms with van der Waals surface area (Å²) in [6, 6.07) is 15.6. The Bertz CT molecular complexity index is 1560. The maximum atomic E-state index is 13.7. The summed E-state index contributed by atoms with van der Waals surface area (Å²) in [5, 5.41) is 20.4. The van der Waals surface area contributed by atoms with E-state index >= 15 is 0 Å². The molecule has 0 bridgehead atoms. The van der Waals surface area contributed by atoms with Crippen molar-refractivity contribution in [3.05, 3.63) is 87.6 Å². The van der Waals surface area contributed by atoms with E-state index in [4.69, 9.17) is 11.1 Å². The van der Waals surface area contributed by atoms with Crippen molar-refractivity contribution in [2.45, 2.75) is 33.4 Å². The van der Waals surface area contributed by atoms with Crippen LogP contribution < -0.4 is 22.0 Å². The summed E-state index contributed by atoms with van der Waals surface area (Å²) >= 11 is 0. The van der Waals surface area contributed by atoms with Crippen molar-refractivity contribution in [3.63, 3.8) is 0 Å². The highest BCUT2D eigenvalue weighted by Gasteiger charge is 2.19. The molecule has 0 spiro atoms. The zero-order valence-electron chi connectivity index (χ0n) is 19.8. The summed E-state index contributed by atoms with van der Waals surface area (Å²) in [4.78, 5) is 22.1. The van der Waals surface area contributed by atoms with Crippen LogP contribution in [0.25, 0.3) is 16.5 Å². The Hall–Kier alpha value is -4.48. The number of fused-ring (bicyclic) bond motifs is 1. The van der Waals surface area contributed by atoms with E-state index in [1.54, 1.807) is 4.57 Å². The first-order chi connectivity index (χ1) is 16.8. The van der Waals surface area contributed by atoms with E-state index in [0.29, 0.717) is 16.8 Å². The summed E-state index contributed by atoms with van der Waals surface area (Å²) in [5.74, 6) is 5.84. The molecule has 8 nitrogen and oxygen atoms in total. The van der Waals surface area contributed by atoms with Gasteiger partial charge in [0.05, 0.1) is 17.6 Å². The van der Waals surface area contributed by atoms with Gasteiger partial charge in [0.1, 0.15) is 29.6 Å². The number of aromatic nitrogens is 3. The highest BCUT2D eigenvalue weighted by Crippen LogP contribution is 2.23. The number of hydrogen-bond donors (Lipinski definition) is 4. The molecule has 176 valence electrons. The van der Waals surface area contributed by atoms with Crippen molar-refractivity contribution >= 4 is 28.1 Å². The number of pyridine rings is 1. The Balaban J connectivity index is 1.83. The zero-order valence-corrected chi connectivity index (χ0v) is 19.8. The molecule has 0 aliphatic heterocycles. The molecule has 0 radical (unpaired) electrons. The molecular formula is C27H27N6O2+. The van der Waals surface area contributed by atoms with Crippen LogP contribution in [-0.4, -0.2) is 31.5 Å². The van der Waals surface area contributed by atoms with E-state index in [1.165, 1.54) is 13.3 Å². The third kappa shape index (κ3) is 4.76. The molecule has 6 N–H and O–H groups in total. The highest BCUT2D eigenvalue weighted by atomic mass is 16.3. The Morgan fingerprint density at radius 2 is 1.91 bits per heavy atom. The Morgan fingerprint density at radius 3 is 2.66 bits per heavy atom. The molecule has 2 aromatic carbocycles. The van der Waals surface area contributed by atoms with Crippen molar-refractivity contribution in [1.29, 1.82) is 0 Å². The van der Waals surface area contributed by atoms with Gasteiger partial charge in [-0.3, -0.25) is 9.36 Å². The molecule has 0 unspecified atom stereocenters. The summed E-state index contributed by atoms with van der Waals surface area (Å²) in [6.07, 6.45) is 0.481. The molecule has 8 heteroatoms. The maximum Gasteiger partial charge on any atom is 0.263 e. The van der Waals surface area contributed by atoms with Crippen LogP contribution in [0.1, 0.15) is 29.3 Å². The van der Waals surface area contributed by atoms with Crippen LogP contribution in [0, 0.1) is 25.7 Å². The molecule has 4 aromatic rings. The third-order valence-corrected chi connectivity index (χ3v) is 5.69. The molecule has 0 aliphatic rings. The van der Waals surface area contributed by atoms with E-state index in [9.17, 15) is 9.90 Å². The van der Waals surface area contributed by atoms with Gasteiger partial charge in [0.15, 0.2) is 0 Å². The fourth-order valence-corrected chi connectivity index (χ4v) is 4.02. The lowest BCUT2D eigenvalue weighted by atomic mass is 10.1. The first kappa shape index (κ1) is 23.7. The predicted octanol–water partition coefficient (Wildman–Crippen LogP) is 1.52. The van der Waals surface area contributed by atoms with Crippen molar-refractivity contribution in [2.75, 3.05) is 11.1 Å². The number of rotatable bonds is 5. The van der Waals surface area contributed by atoms with Gasteiger partial charge in [-0.25, -0.2) is 15.4 Å². The van der Waals surface area contributed by atoms with Gasteiger partial charge in [-0.05, 0) is 49.4 Å². The van der Waals surface area contributed by atoms with Crippen molar-refractivity contribution in [2.24, 2.45) is 0 Å². The van der Waals surface area contributed by atoms with Crippen LogP contribution >= 0.6 is 0 Å². The minimum atomic E-state index is -0.847. The summed E-state index contributed by atoms with van der Waals surface area (Å²) < 4.78 is 1.72. The monoisotopic (exact) mass is 467 g/mol. The summed E-state index contributed by atoms with van der Waals surface area (Å²) in [6.45, 7) is 5.71. The van der Waals surface area contributed by atoms with Crippen LogP contribution in [0.4, 0.5) is 11.6 Å². The topological polar surface area (TPSA) is 132 Å². The van der Waals surface area contributed by atoms with E-state index < -0.39 is 6.10 Å². The molecule has 0 saturated carbocycles. The molecule has 4 rings (SSSR count). The van der Waals surface area contributed by atoms with Gasteiger partial charge in [0, 0.05) is 11.6 Å². The van der Waals surface area contributed by atoms with Crippen molar-refractivity contribution in [3.8, 4) is 17.5 Å². The Kier molecular flexibility index (Phi) is 6.62. The lowest BCUT2D eigenvalue weighted by Crippen LogP contribution is -2.40. The maximum absolute atomic E-state index is 13.7. The van der Waals surface area contributed by atoms with Crippen molar-refractivity contribution in [1.82, 2.24) is 14.5 Å². The lowest BCUT2D eigenvalue weighted by molar-refractivity contribution is -0.110. The third-order valence-electron chi connectivity index (χ3n) is 5.69. The minimum Gasteiger partial charge on any atom is -0.383 e. The molecule has 0 fully saturated rings. The number of anilines is 2. The van der Waals surface area contributed by atoms with E-state index in [0.717, 1.165) is 27.9 Å². The number of aliphatic hydroxyl groups excluding tert-OH is 1. The normalized spacial score (nSPS) is 11.5. The van der Waals surface area contributed by atoms with E-state index in [-0.39, 0.29) is 23.6 Å². The second kappa shape index (κ2) is 9.79. The number of para-hydroxylation sites is 1. The van der Waals surface area contributed by atoms with Gasteiger partial charge in [-0.1, -0.05) is 42.3 Å². The van der Waals surface area contributed by atoms with Crippen LogP contribution in [0.3, 0.4) is 0 Å². The smallest absolute Gasteiger partial charge is 0.263 e. The molecule has 0 aliphatic carbocycles. The van der Waals surface area contributed by atoms with Crippen LogP contribution in [-0.2, 0) is 6.54 Å². The van der Waals surface area contributed by atoms with Gasteiger partial charge in [0.2, 0.25) is 0 Å². The number of hydrogen-bond acceptors (Lipinski definition) is 6. The molecule has 2 heterocycles. The first-order valence-electron chi connectivity index (χ1n) is 11.1. The number of aryl methyl sites for hydroxylation is 2. The molecule has 0 saturated heterocycles. The highest BCUT2D eigenvalue weighted by molar-refractivity contribution is 6.14. The second-order valence-corrected chi connectivity index (χ2v) is 8.30. The number of benzene rings is 2. The largest absolute Gasteiger partial charge is 0.383 e. The Labute approximate surface area is 203 Å². The Morgan fingerprint density at radius 1 is 1.17 bits per heavy atom.